The minimum absolute atomic E-state index is 0.123. The van der Waals surface area contributed by atoms with Gasteiger partial charge in [-0.15, -0.1) is 0 Å². The molecule has 0 saturated carbocycles. The molecule has 0 aliphatic rings. The number of aryl methyl sites for hydroxylation is 1. The van der Waals surface area contributed by atoms with Gasteiger partial charge in [0, 0.05) is 7.05 Å². The van der Waals surface area contributed by atoms with Crippen molar-refractivity contribution in [2.24, 2.45) is 7.05 Å². The highest BCUT2D eigenvalue weighted by atomic mass is 35.5. The van der Waals surface area contributed by atoms with E-state index in [2.05, 4.69) is 9.72 Å². The van der Waals surface area contributed by atoms with Crippen LogP contribution in [0.1, 0.15) is 10.4 Å². The minimum atomic E-state index is -0.460. The summed E-state index contributed by atoms with van der Waals surface area (Å²) in [7, 11) is 2.89. The van der Waals surface area contributed by atoms with Crippen LogP contribution in [0.4, 0.5) is 0 Å². The molecule has 2 aromatic rings. The molecule has 5 nitrogen and oxygen atoms in total. The lowest BCUT2D eigenvalue weighted by molar-refractivity contribution is 0.0601. The first-order valence-corrected chi connectivity index (χ1v) is 5.17. The number of carbonyl (C=O) groups excluding carboxylic acids is 1. The Bertz CT molecular complexity index is 664. The molecule has 6 heteroatoms. The standard InChI is InChI=1S/C11H9ClN2O3/c1-14-8-4-3-6(11(16)17-2)5-7(8)13-9(12)10(14)15/h3-5H,1-2H3. The van der Waals surface area contributed by atoms with Crippen molar-refractivity contribution in [2.75, 3.05) is 7.11 Å². The van der Waals surface area contributed by atoms with Gasteiger partial charge in [-0.2, -0.15) is 0 Å². The predicted molar refractivity (Wildman–Crippen MR) is 63.3 cm³/mol. The van der Waals surface area contributed by atoms with E-state index in [1.807, 2.05) is 0 Å². The first-order valence-electron chi connectivity index (χ1n) is 4.79. The van der Waals surface area contributed by atoms with Crippen LogP contribution in [0.15, 0.2) is 23.0 Å². The Hall–Kier alpha value is -1.88. The Morgan fingerprint density at radius 3 is 2.82 bits per heavy atom. The molecule has 1 aromatic carbocycles. The Balaban J connectivity index is 2.75. The van der Waals surface area contributed by atoms with Gasteiger partial charge in [0.05, 0.1) is 23.7 Å². The highest BCUT2D eigenvalue weighted by Gasteiger charge is 2.10. The van der Waals surface area contributed by atoms with Crippen LogP contribution in [0, 0.1) is 0 Å². The van der Waals surface area contributed by atoms with Crippen molar-refractivity contribution in [1.29, 1.82) is 0 Å². The number of aromatic nitrogens is 2. The molecule has 0 spiro atoms. The van der Waals surface area contributed by atoms with Crippen molar-refractivity contribution in [3.8, 4) is 0 Å². The number of nitrogens with zero attached hydrogens (tertiary/aromatic N) is 2. The molecule has 0 aliphatic heterocycles. The largest absolute Gasteiger partial charge is 0.465 e. The summed E-state index contributed by atoms with van der Waals surface area (Å²) in [6, 6.07) is 4.74. The summed E-state index contributed by atoms with van der Waals surface area (Å²) in [5, 5.41) is -0.123. The van der Waals surface area contributed by atoms with E-state index in [0.29, 0.717) is 16.6 Å². The summed E-state index contributed by atoms with van der Waals surface area (Å²) in [5.74, 6) is -0.460. The molecule has 0 atom stereocenters. The number of benzene rings is 1. The third-order valence-electron chi connectivity index (χ3n) is 2.46. The van der Waals surface area contributed by atoms with E-state index in [-0.39, 0.29) is 10.7 Å². The zero-order valence-electron chi connectivity index (χ0n) is 9.23. The van der Waals surface area contributed by atoms with Crippen LogP contribution >= 0.6 is 11.6 Å². The number of rotatable bonds is 1. The van der Waals surface area contributed by atoms with Crippen LogP contribution in [0.25, 0.3) is 11.0 Å². The zero-order valence-corrected chi connectivity index (χ0v) is 9.99. The van der Waals surface area contributed by atoms with Crippen LogP contribution in [-0.2, 0) is 11.8 Å². The van der Waals surface area contributed by atoms with Gasteiger partial charge in [-0.05, 0) is 18.2 Å². The Morgan fingerprint density at radius 1 is 1.47 bits per heavy atom. The van der Waals surface area contributed by atoms with E-state index in [1.165, 1.54) is 17.7 Å². The van der Waals surface area contributed by atoms with Gasteiger partial charge in [0.15, 0.2) is 5.15 Å². The molecule has 0 unspecified atom stereocenters. The lowest BCUT2D eigenvalue weighted by atomic mass is 10.2. The minimum Gasteiger partial charge on any atom is -0.465 e. The number of methoxy groups -OCH3 is 1. The lowest BCUT2D eigenvalue weighted by Gasteiger charge is -2.06. The first kappa shape index (κ1) is 11.6. The lowest BCUT2D eigenvalue weighted by Crippen LogP contribution is -2.19. The third-order valence-corrected chi connectivity index (χ3v) is 2.70. The average Bonchev–Trinajstić information content (AvgIpc) is 2.34. The number of halogens is 1. The molecule has 0 bridgehead atoms. The van der Waals surface area contributed by atoms with Crippen LogP contribution in [0.2, 0.25) is 5.15 Å². The van der Waals surface area contributed by atoms with Gasteiger partial charge in [-0.3, -0.25) is 4.79 Å². The van der Waals surface area contributed by atoms with Crippen molar-refractivity contribution in [3.63, 3.8) is 0 Å². The zero-order chi connectivity index (χ0) is 12.6. The van der Waals surface area contributed by atoms with E-state index in [0.717, 1.165) is 0 Å². The van der Waals surface area contributed by atoms with Crippen molar-refractivity contribution in [1.82, 2.24) is 9.55 Å². The van der Waals surface area contributed by atoms with Gasteiger partial charge in [-0.1, -0.05) is 11.6 Å². The maximum atomic E-state index is 11.5. The van der Waals surface area contributed by atoms with E-state index in [4.69, 9.17) is 11.6 Å². The monoisotopic (exact) mass is 252 g/mol. The summed E-state index contributed by atoms with van der Waals surface area (Å²) in [6.07, 6.45) is 0. The van der Waals surface area contributed by atoms with E-state index >= 15 is 0 Å². The fourth-order valence-corrected chi connectivity index (χ4v) is 1.76. The normalized spacial score (nSPS) is 10.5. The summed E-state index contributed by atoms with van der Waals surface area (Å²) in [6.45, 7) is 0. The van der Waals surface area contributed by atoms with Crippen LogP contribution < -0.4 is 5.56 Å². The van der Waals surface area contributed by atoms with Gasteiger partial charge in [0.25, 0.3) is 5.56 Å². The molecule has 0 aliphatic carbocycles. The third kappa shape index (κ3) is 1.89. The van der Waals surface area contributed by atoms with Crippen LogP contribution in [0.5, 0.6) is 0 Å². The molecule has 0 N–H and O–H groups in total. The molecule has 2 rings (SSSR count). The molecule has 0 saturated heterocycles. The van der Waals surface area contributed by atoms with Gasteiger partial charge in [0.2, 0.25) is 0 Å². The topological polar surface area (TPSA) is 61.2 Å². The van der Waals surface area contributed by atoms with Crippen LogP contribution in [-0.4, -0.2) is 22.6 Å². The molecule has 0 radical (unpaired) electrons. The summed E-state index contributed by atoms with van der Waals surface area (Å²) < 4.78 is 5.98. The fourth-order valence-electron chi connectivity index (χ4n) is 1.54. The van der Waals surface area contributed by atoms with E-state index in [9.17, 15) is 9.59 Å². The highest BCUT2D eigenvalue weighted by Crippen LogP contribution is 2.14. The second-order valence-electron chi connectivity index (χ2n) is 3.46. The summed E-state index contributed by atoms with van der Waals surface area (Å²) >= 11 is 5.70. The molecule has 0 amide bonds. The Labute approximate surface area is 102 Å². The number of carbonyl (C=O) groups is 1. The number of esters is 1. The maximum absolute atomic E-state index is 11.5. The van der Waals surface area contributed by atoms with Gasteiger partial charge < -0.3 is 9.30 Å². The SMILES string of the molecule is COC(=O)c1ccc2c(c1)nc(Cl)c(=O)n2C. The number of ether oxygens (including phenoxy) is 1. The maximum Gasteiger partial charge on any atom is 0.337 e. The van der Waals surface area contributed by atoms with Gasteiger partial charge in [-0.25, -0.2) is 9.78 Å². The predicted octanol–water partition coefficient (Wildman–Crippen LogP) is 1.37. The highest BCUT2D eigenvalue weighted by molar-refractivity contribution is 6.29. The van der Waals surface area contributed by atoms with Crippen LogP contribution in [0.3, 0.4) is 0 Å². The van der Waals surface area contributed by atoms with Crippen molar-refractivity contribution >= 4 is 28.6 Å². The summed E-state index contributed by atoms with van der Waals surface area (Å²) in [4.78, 5) is 26.8. The van der Waals surface area contributed by atoms with Crippen molar-refractivity contribution < 1.29 is 9.53 Å². The second kappa shape index (κ2) is 4.18. The number of fused-ring (bicyclic) bond motifs is 1. The molecular weight excluding hydrogens is 244 g/mol. The summed E-state index contributed by atoms with van der Waals surface area (Å²) in [5.41, 5.74) is 1.07. The van der Waals surface area contributed by atoms with E-state index in [1.54, 1.807) is 19.2 Å². The van der Waals surface area contributed by atoms with E-state index < -0.39 is 5.97 Å². The fraction of sp³-hybridized carbons (Fsp3) is 0.182. The molecular formula is C11H9ClN2O3. The quantitative estimate of drug-likeness (QED) is 0.720. The Kier molecular flexibility index (Phi) is 2.85. The van der Waals surface area contributed by atoms with Crippen molar-refractivity contribution in [3.05, 3.63) is 39.3 Å². The smallest absolute Gasteiger partial charge is 0.337 e. The molecule has 0 fully saturated rings. The Morgan fingerprint density at radius 2 is 2.18 bits per heavy atom. The van der Waals surface area contributed by atoms with Crippen molar-refractivity contribution in [2.45, 2.75) is 0 Å². The second-order valence-corrected chi connectivity index (χ2v) is 3.82. The molecule has 1 aromatic heterocycles. The number of hydrogen-bond donors (Lipinski definition) is 0. The van der Waals surface area contributed by atoms with Gasteiger partial charge in [0.1, 0.15) is 0 Å². The molecule has 17 heavy (non-hydrogen) atoms. The van der Waals surface area contributed by atoms with Gasteiger partial charge >= 0.3 is 5.97 Å². The molecule has 1 heterocycles. The number of hydrogen-bond acceptors (Lipinski definition) is 4. The first-order chi connectivity index (χ1) is 8.04. The average molecular weight is 253 g/mol. The molecule has 88 valence electrons.